The third-order valence-corrected chi connectivity index (χ3v) is 23.2. The highest BCUT2D eigenvalue weighted by molar-refractivity contribution is 6.60. The molecule has 15 nitrogen and oxygen atoms in total. The molecule has 0 N–H and O–H groups in total. The van der Waals surface area contributed by atoms with Crippen LogP contribution in [0.15, 0.2) is 72.9 Å². The van der Waals surface area contributed by atoms with Crippen molar-refractivity contribution in [3.05, 3.63) is 72.9 Å². The van der Waals surface area contributed by atoms with Gasteiger partial charge >= 0.3 is 47.9 Å². The van der Waals surface area contributed by atoms with Crippen molar-refractivity contribution >= 4 is 47.9 Å². The highest BCUT2D eigenvalue weighted by Gasteiger charge is 2.46. The number of carbonyl (C=O) groups is 5. The Balaban J connectivity index is 1.90. The van der Waals surface area contributed by atoms with Crippen LogP contribution in [0.4, 0.5) is 0 Å². The van der Waals surface area contributed by atoms with Gasteiger partial charge in [0.25, 0.3) is 0 Å². The first-order valence-corrected chi connectivity index (χ1v) is 39.9. The second kappa shape index (κ2) is 53.2. The summed E-state index contributed by atoms with van der Waals surface area (Å²) in [6.07, 6.45) is 57.3. The molecule has 0 aliphatic heterocycles. The van der Waals surface area contributed by atoms with E-state index in [1.807, 2.05) is 6.92 Å². The van der Waals surface area contributed by atoms with Crippen molar-refractivity contribution in [2.45, 2.75) is 278 Å². The maximum atomic E-state index is 13.8. The molecule has 92 heavy (non-hydrogen) atoms. The largest absolute Gasteiger partial charge is 0.500 e. The van der Waals surface area contributed by atoms with E-state index in [2.05, 4.69) is 101 Å². The first-order valence-electron chi connectivity index (χ1n) is 36.2. The lowest BCUT2D eigenvalue weighted by molar-refractivity contribution is -0.167. The predicted molar refractivity (Wildman–Crippen MR) is 375 cm³/mol. The molecule has 528 valence electrons. The molecule has 0 spiro atoms. The molecule has 0 radical (unpaired) electrons. The van der Waals surface area contributed by atoms with Crippen molar-refractivity contribution in [1.29, 1.82) is 0 Å². The highest BCUT2D eigenvalue weighted by atomic mass is 28.4. The van der Waals surface area contributed by atoms with Crippen molar-refractivity contribution in [3.63, 3.8) is 0 Å². The molecule has 17 heteroatoms. The molecule has 0 aromatic carbocycles. The zero-order valence-corrected chi connectivity index (χ0v) is 61.7. The van der Waals surface area contributed by atoms with Crippen LogP contribution in [0, 0.1) is 34.5 Å². The van der Waals surface area contributed by atoms with E-state index in [-0.39, 0.29) is 80.7 Å². The Morgan fingerprint density at radius 1 is 0.489 bits per heavy atom. The van der Waals surface area contributed by atoms with Gasteiger partial charge in [-0.1, -0.05) is 196 Å². The Hall–Kier alpha value is -3.98. The normalized spacial score (nSPS) is 20.5. The number of allylic oxidation sites excluding steroid dienone is 12. The number of carbonyl (C=O) groups excluding carboxylic acids is 5. The first kappa shape index (κ1) is 84.1. The van der Waals surface area contributed by atoms with Crippen LogP contribution in [0.3, 0.4) is 0 Å². The zero-order valence-electron chi connectivity index (χ0n) is 59.5. The van der Waals surface area contributed by atoms with Crippen LogP contribution in [0.1, 0.15) is 259 Å². The summed E-state index contributed by atoms with van der Waals surface area (Å²) in [5.74, 6) is -0.895. The van der Waals surface area contributed by atoms with Gasteiger partial charge in [-0.15, -0.1) is 0 Å². The Morgan fingerprint density at radius 2 is 0.989 bits per heavy atom. The summed E-state index contributed by atoms with van der Waals surface area (Å²) in [6.45, 7) is 11.0. The fraction of sp³-hybridized carbons (Fsp3) is 0.773. The van der Waals surface area contributed by atoms with Gasteiger partial charge in [-0.2, -0.15) is 0 Å². The Morgan fingerprint density at radius 3 is 1.57 bits per heavy atom. The molecule has 0 aromatic rings. The molecule has 0 bridgehead atoms. The van der Waals surface area contributed by atoms with E-state index >= 15 is 0 Å². The summed E-state index contributed by atoms with van der Waals surface area (Å²) in [7, 11) is 3.64. The lowest BCUT2D eigenvalue weighted by Gasteiger charge is -2.39. The SMILES string of the molecule is CCCCC=CCC=CCCCCCCCC(=O)OCC(COC(=O)CCCCCCCC=CC1C=CC(CCCC)CC1(C)C(=O)OCCC[Si](OC)(OC)OC)OC(=O)CCCCCCCC1C=CC(C=CCCCC)CC1(C)C(=O)OCCC[SiH](OC)OC. The summed E-state index contributed by atoms with van der Waals surface area (Å²) in [4.78, 5) is 66.8. The average Bonchev–Trinajstić information content (AvgIpc) is 0.814. The van der Waals surface area contributed by atoms with Gasteiger partial charge in [0.1, 0.15) is 13.2 Å². The average molecular weight is 1330 g/mol. The standard InChI is InChI=1S/C75H130O15Si2/c1-11-14-17-19-20-21-22-23-24-25-26-29-34-40-49-69(76)88-62-68(90-71(78)51-42-36-31-33-39-48-67-55-53-65(46-37-18-15-12-2)61-75(67,5)72(79)86-56-43-58-91(81-6)82-7)63-89-70(77)50-41-35-30-27-28-32-38-47-66-54-52-64(45-16-13-3)60-74(66,4)73(80)87-57-44-59-92(83-8,84-9)85-10/h19-20,22-23,37-38,46-47,52-55,64-68,91H,11-18,21,24-36,39-45,48-51,56-63H2,1-10H3. The number of ether oxygens (including phenoxy) is 5. The Labute approximate surface area is 562 Å². The van der Waals surface area contributed by atoms with E-state index in [9.17, 15) is 24.0 Å². The molecular weight excluding hydrogens is 1200 g/mol. The molecule has 0 fully saturated rings. The van der Waals surface area contributed by atoms with Gasteiger partial charge in [-0.25, -0.2) is 0 Å². The third-order valence-electron chi connectivity index (χ3n) is 18.4. The van der Waals surface area contributed by atoms with E-state index in [1.165, 1.54) is 12.8 Å². The molecule has 7 unspecified atom stereocenters. The smallest absolute Gasteiger partial charge is 0.465 e. The summed E-state index contributed by atoms with van der Waals surface area (Å²) in [5.41, 5.74) is -1.29. The lowest BCUT2D eigenvalue weighted by atomic mass is 9.65. The highest BCUT2D eigenvalue weighted by Crippen LogP contribution is 2.45. The van der Waals surface area contributed by atoms with Crippen molar-refractivity contribution in [1.82, 2.24) is 0 Å². The molecule has 2 aliphatic rings. The molecule has 0 saturated heterocycles. The van der Waals surface area contributed by atoms with E-state index in [0.717, 1.165) is 173 Å². The van der Waals surface area contributed by atoms with Crippen molar-refractivity contribution in [2.75, 3.05) is 62.0 Å². The van der Waals surface area contributed by atoms with Gasteiger partial charge < -0.3 is 45.8 Å². The van der Waals surface area contributed by atoms with Crippen molar-refractivity contribution in [2.24, 2.45) is 34.5 Å². The Bertz CT molecular complexity index is 2130. The molecule has 2 aliphatic carbocycles. The molecule has 7 atom stereocenters. The monoisotopic (exact) mass is 1330 g/mol. The van der Waals surface area contributed by atoms with Crippen molar-refractivity contribution in [3.8, 4) is 0 Å². The molecule has 0 heterocycles. The fourth-order valence-electron chi connectivity index (χ4n) is 12.3. The van der Waals surface area contributed by atoms with E-state index < -0.39 is 41.0 Å². The predicted octanol–water partition coefficient (Wildman–Crippen LogP) is 18.0. The van der Waals surface area contributed by atoms with Crippen LogP contribution in [0.5, 0.6) is 0 Å². The molecular formula is C75H130O15Si2. The lowest BCUT2D eigenvalue weighted by Crippen LogP contribution is -2.43. The van der Waals surface area contributed by atoms with Crippen LogP contribution >= 0.6 is 0 Å². The number of unbranched alkanes of at least 4 members (excludes halogenated alkanes) is 19. The Kier molecular flexibility index (Phi) is 48.6. The van der Waals surface area contributed by atoms with Gasteiger partial charge in [-0.3, -0.25) is 24.0 Å². The van der Waals surface area contributed by atoms with Crippen LogP contribution in [-0.2, 0) is 69.8 Å². The third kappa shape index (κ3) is 36.8. The van der Waals surface area contributed by atoms with E-state index in [1.54, 1.807) is 35.5 Å². The fourth-order valence-corrected chi connectivity index (χ4v) is 15.1. The summed E-state index contributed by atoms with van der Waals surface area (Å²) in [5, 5.41) is 0. The van der Waals surface area contributed by atoms with E-state index in [0.29, 0.717) is 44.3 Å². The molecule has 0 saturated carbocycles. The summed E-state index contributed by atoms with van der Waals surface area (Å²) < 4.78 is 56.5. The second-order valence-electron chi connectivity index (χ2n) is 26.1. The number of hydrogen-bond donors (Lipinski definition) is 0. The van der Waals surface area contributed by atoms with E-state index in [4.69, 9.17) is 45.8 Å². The van der Waals surface area contributed by atoms with Crippen LogP contribution in [0.25, 0.3) is 0 Å². The van der Waals surface area contributed by atoms with Gasteiger partial charge in [0.05, 0.1) is 24.0 Å². The first-order chi connectivity index (χ1) is 44.6. The van der Waals surface area contributed by atoms with Crippen LogP contribution in [0.2, 0.25) is 12.1 Å². The van der Waals surface area contributed by atoms with Crippen molar-refractivity contribution < 1.29 is 69.8 Å². The number of rotatable bonds is 57. The van der Waals surface area contributed by atoms with Crippen LogP contribution in [-0.4, -0.2) is 116 Å². The topological polar surface area (TPSA) is 178 Å². The number of hydrogen-bond acceptors (Lipinski definition) is 15. The minimum atomic E-state index is -2.75. The molecule has 0 aromatic heterocycles. The van der Waals surface area contributed by atoms with Gasteiger partial charge in [0.2, 0.25) is 0 Å². The second-order valence-corrected chi connectivity index (χ2v) is 31.6. The molecule has 0 amide bonds. The quantitative estimate of drug-likeness (QED) is 0.0185. The number of esters is 5. The van der Waals surface area contributed by atoms with Gasteiger partial charge in [0.15, 0.2) is 6.10 Å². The van der Waals surface area contributed by atoms with Crippen LogP contribution < -0.4 is 0 Å². The minimum Gasteiger partial charge on any atom is -0.465 e. The maximum Gasteiger partial charge on any atom is 0.500 e. The van der Waals surface area contributed by atoms with Gasteiger partial charge in [-0.05, 0) is 140 Å². The maximum absolute atomic E-state index is 13.8. The van der Waals surface area contributed by atoms with Gasteiger partial charge in [0, 0.05) is 66.8 Å². The zero-order chi connectivity index (χ0) is 67.4. The summed E-state index contributed by atoms with van der Waals surface area (Å²) >= 11 is 0. The summed E-state index contributed by atoms with van der Waals surface area (Å²) in [6, 6.07) is 1.34. The minimum absolute atomic E-state index is 0.0580. The molecule has 2 rings (SSSR count).